The molecule has 0 radical (unpaired) electrons. The lowest BCUT2D eigenvalue weighted by Gasteiger charge is -2.08. The van der Waals surface area contributed by atoms with Crippen molar-refractivity contribution >= 4 is 34.5 Å². The number of halogens is 1. The van der Waals surface area contributed by atoms with E-state index in [2.05, 4.69) is 16.9 Å². The fourth-order valence-electron chi connectivity index (χ4n) is 2.89. The van der Waals surface area contributed by atoms with Gasteiger partial charge in [0, 0.05) is 25.2 Å². The highest BCUT2D eigenvalue weighted by Gasteiger charge is 2.17. The van der Waals surface area contributed by atoms with Crippen molar-refractivity contribution < 1.29 is 0 Å². The summed E-state index contributed by atoms with van der Waals surface area (Å²) >= 11 is 7.32. The molecule has 8 heteroatoms. The smallest absolute Gasteiger partial charge is 0.313 e. The highest BCUT2D eigenvalue weighted by Crippen LogP contribution is 2.22. The Morgan fingerprint density at radius 1 is 1.12 bits per heavy atom. The number of rotatable bonds is 11. The lowest BCUT2D eigenvalue weighted by atomic mass is 10.1. The molecule has 0 spiro atoms. The molecule has 2 aromatic rings. The summed E-state index contributed by atoms with van der Waals surface area (Å²) in [6.07, 6.45) is 8.45. The van der Waals surface area contributed by atoms with Crippen LogP contribution in [0.2, 0.25) is 0 Å². The maximum Gasteiger partial charge on any atom is 0.329 e. The number of thioether (sulfide) groups is 1. The Morgan fingerprint density at radius 2 is 1.80 bits per heavy atom. The van der Waals surface area contributed by atoms with Crippen molar-refractivity contribution in [3.8, 4) is 0 Å². The molecule has 6 nitrogen and oxygen atoms in total. The van der Waals surface area contributed by atoms with Gasteiger partial charge >= 0.3 is 5.69 Å². The molecule has 0 saturated carbocycles. The number of aryl methyl sites for hydroxylation is 2. The molecule has 0 aliphatic rings. The molecule has 0 fully saturated rings. The van der Waals surface area contributed by atoms with Crippen molar-refractivity contribution in [2.75, 3.05) is 11.6 Å². The van der Waals surface area contributed by atoms with Crippen LogP contribution < -0.4 is 11.2 Å². The van der Waals surface area contributed by atoms with Crippen LogP contribution in [0.25, 0.3) is 11.2 Å². The van der Waals surface area contributed by atoms with Crippen LogP contribution in [-0.2, 0) is 13.6 Å². The van der Waals surface area contributed by atoms with Gasteiger partial charge in [-0.15, -0.1) is 11.6 Å². The number of alkyl halides is 1. The van der Waals surface area contributed by atoms with Gasteiger partial charge in [0.1, 0.15) is 0 Å². The lowest BCUT2D eigenvalue weighted by Crippen LogP contribution is -2.29. The molecule has 0 unspecified atom stereocenters. The zero-order chi connectivity index (χ0) is 18.2. The molecule has 25 heavy (non-hydrogen) atoms. The summed E-state index contributed by atoms with van der Waals surface area (Å²) in [7, 11) is 1.63. The lowest BCUT2D eigenvalue weighted by molar-refractivity contribution is 0.538. The third-order valence-electron chi connectivity index (χ3n) is 4.27. The minimum atomic E-state index is -0.438. The Hall–Kier alpha value is -1.21. The molecule has 2 aromatic heterocycles. The standard InChI is InChI=1S/C17H27ClN4O2S/c1-3-4-5-6-7-8-9-11-22-13-14(19-17(22)25-12-10-18)21(2)16(24)20-15(13)23/h3-12H2,1-2H3,(H,20,23,24). The summed E-state index contributed by atoms with van der Waals surface area (Å²) in [5.74, 6) is 1.23. The average Bonchev–Trinajstić information content (AvgIpc) is 2.96. The molecule has 0 amide bonds. The maximum atomic E-state index is 12.3. The highest BCUT2D eigenvalue weighted by atomic mass is 35.5. The van der Waals surface area contributed by atoms with Crippen molar-refractivity contribution in [1.29, 1.82) is 0 Å². The maximum absolute atomic E-state index is 12.3. The number of fused-ring (bicyclic) bond motifs is 1. The van der Waals surface area contributed by atoms with E-state index in [-0.39, 0.29) is 5.56 Å². The molecule has 2 rings (SSSR count). The van der Waals surface area contributed by atoms with Crippen LogP contribution >= 0.6 is 23.4 Å². The van der Waals surface area contributed by atoms with Gasteiger partial charge in [0.2, 0.25) is 0 Å². The zero-order valence-corrected chi connectivity index (χ0v) is 16.6. The first kappa shape index (κ1) is 20.1. The monoisotopic (exact) mass is 386 g/mol. The Bertz CT molecular complexity index is 796. The normalized spacial score (nSPS) is 11.5. The number of unbranched alkanes of at least 4 members (excludes halogenated alkanes) is 6. The molecule has 0 atom stereocenters. The van der Waals surface area contributed by atoms with Crippen molar-refractivity contribution in [2.45, 2.75) is 63.6 Å². The van der Waals surface area contributed by atoms with Gasteiger partial charge in [0.15, 0.2) is 16.3 Å². The van der Waals surface area contributed by atoms with Crippen molar-refractivity contribution in [3.63, 3.8) is 0 Å². The van der Waals surface area contributed by atoms with E-state index in [9.17, 15) is 9.59 Å². The van der Waals surface area contributed by atoms with Crippen molar-refractivity contribution in [1.82, 2.24) is 19.1 Å². The number of aromatic amines is 1. The van der Waals surface area contributed by atoms with Crippen molar-refractivity contribution in [3.05, 3.63) is 20.8 Å². The third kappa shape index (κ3) is 5.14. The number of hydrogen-bond acceptors (Lipinski definition) is 4. The number of imidazole rings is 1. The first-order valence-electron chi connectivity index (χ1n) is 8.98. The number of H-pyrrole nitrogens is 1. The van der Waals surface area contributed by atoms with Crippen LogP contribution in [-0.4, -0.2) is 30.7 Å². The summed E-state index contributed by atoms with van der Waals surface area (Å²) in [6.45, 7) is 2.95. The summed E-state index contributed by atoms with van der Waals surface area (Å²) in [5, 5.41) is 0.758. The second-order valence-corrected chi connectivity index (χ2v) is 7.64. The average molecular weight is 387 g/mol. The van der Waals surface area contributed by atoms with Gasteiger partial charge in [0.25, 0.3) is 5.56 Å². The second kappa shape index (κ2) is 10.1. The quantitative estimate of drug-likeness (QED) is 0.364. The number of aromatic nitrogens is 4. The first-order valence-corrected chi connectivity index (χ1v) is 10.5. The van der Waals surface area contributed by atoms with Gasteiger partial charge in [-0.3, -0.25) is 14.3 Å². The van der Waals surface area contributed by atoms with Crippen LogP contribution in [0, 0.1) is 0 Å². The number of nitrogens with zero attached hydrogens (tertiary/aromatic N) is 3. The molecule has 0 saturated heterocycles. The van der Waals surface area contributed by atoms with Crippen LogP contribution in [0.4, 0.5) is 0 Å². The third-order valence-corrected chi connectivity index (χ3v) is 5.66. The molecule has 0 aromatic carbocycles. The molecule has 140 valence electrons. The topological polar surface area (TPSA) is 72.7 Å². The molecule has 0 bridgehead atoms. The summed E-state index contributed by atoms with van der Waals surface area (Å²) in [4.78, 5) is 31.0. The largest absolute Gasteiger partial charge is 0.329 e. The van der Waals surface area contributed by atoms with Gasteiger partial charge in [-0.25, -0.2) is 9.78 Å². The van der Waals surface area contributed by atoms with Crippen LogP contribution in [0.15, 0.2) is 14.7 Å². The molecule has 0 aliphatic carbocycles. The minimum absolute atomic E-state index is 0.369. The van der Waals surface area contributed by atoms with Gasteiger partial charge in [-0.05, 0) is 6.42 Å². The molecule has 2 heterocycles. The molecular weight excluding hydrogens is 360 g/mol. The zero-order valence-electron chi connectivity index (χ0n) is 15.0. The van der Waals surface area contributed by atoms with Crippen molar-refractivity contribution in [2.24, 2.45) is 7.05 Å². The van der Waals surface area contributed by atoms with Crippen LogP contribution in [0.5, 0.6) is 0 Å². The number of hydrogen-bond donors (Lipinski definition) is 1. The van der Waals surface area contributed by atoms with Gasteiger partial charge in [0.05, 0.1) is 0 Å². The Balaban J connectivity index is 2.16. The van der Waals surface area contributed by atoms with E-state index in [0.717, 1.165) is 24.5 Å². The Kier molecular flexibility index (Phi) is 8.09. The predicted molar refractivity (Wildman–Crippen MR) is 105 cm³/mol. The Labute approximate surface area is 157 Å². The minimum Gasteiger partial charge on any atom is -0.313 e. The van der Waals surface area contributed by atoms with Gasteiger partial charge < -0.3 is 4.57 Å². The van der Waals surface area contributed by atoms with E-state index >= 15 is 0 Å². The molecule has 1 N–H and O–H groups in total. The summed E-state index contributed by atoms with van der Waals surface area (Å²) in [5.41, 5.74) is 0.108. The van der Waals surface area contributed by atoms with Crippen LogP contribution in [0.3, 0.4) is 0 Å². The highest BCUT2D eigenvalue weighted by molar-refractivity contribution is 7.99. The molecule has 0 aliphatic heterocycles. The summed E-state index contributed by atoms with van der Waals surface area (Å²) in [6, 6.07) is 0. The van der Waals surface area contributed by atoms with E-state index in [1.165, 1.54) is 48.4 Å². The van der Waals surface area contributed by atoms with Gasteiger partial charge in [-0.2, -0.15) is 0 Å². The second-order valence-electron chi connectivity index (χ2n) is 6.20. The summed E-state index contributed by atoms with van der Waals surface area (Å²) < 4.78 is 3.33. The van der Waals surface area contributed by atoms with E-state index in [0.29, 0.717) is 22.8 Å². The van der Waals surface area contributed by atoms with Crippen LogP contribution in [0.1, 0.15) is 51.9 Å². The SMILES string of the molecule is CCCCCCCCCn1c(SCCCl)nc2c1c(=O)[nH]c(=O)n2C. The predicted octanol–water partition coefficient (Wildman–Crippen LogP) is 3.50. The fraction of sp³-hybridized carbons (Fsp3) is 0.706. The Morgan fingerprint density at radius 3 is 2.48 bits per heavy atom. The van der Waals surface area contributed by atoms with E-state index in [1.54, 1.807) is 7.05 Å². The van der Waals surface area contributed by atoms with Gasteiger partial charge in [-0.1, -0.05) is 57.2 Å². The molecular formula is C17H27ClN4O2S. The number of nitrogens with one attached hydrogen (secondary N) is 1. The van der Waals surface area contributed by atoms with E-state index < -0.39 is 5.69 Å². The van der Waals surface area contributed by atoms with E-state index in [1.807, 2.05) is 4.57 Å². The van der Waals surface area contributed by atoms with E-state index in [4.69, 9.17) is 11.6 Å². The first-order chi connectivity index (χ1) is 12.1. The fourth-order valence-corrected chi connectivity index (χ4v) is 3.87.